The van der Waals surface area contributed by atoms with Gasteiger partial charge in [0.2, 0.25) is 0 Å². The molecule has 130 valence electrons. The summed E-state index contributed by atoms with van der Waals surface area (Å²) in [5.41, 5.74) is 11.1. The second kappa shape index (κ2) is 7.42. The van der Waals surface area contributed by atoms with Gasteiger partial charge in [-0.2, -0.15) is 0 Å². The fourth-order valence-corrected chi connectivity index (χ4v) is 3.51. The van der Waals surface area contributed by atoms with Crippen LogP contribution < -0.4 is 5.73 Å². The Morgan fingerprint density at radius 2 is 1.88 bits per heavy atom. The highest BCUT2D eigenvalue weighted by Gasteiger charge is 2.20. The van der Waals surface area contributed by atoms with E-state index in [0.717, 1.165) is 57.0 Å². The van der Waals surface area contributed by atoms with Gasteiger partial charge in [-0.3, -0.25) is 0 Å². The number of carboxylic acids is 1. The topological polar surface area (TPSA) is 79.1 Å². The molecule has 0 atom stereocenters. The van der Waals surface area contributed by atoms with Gasteiger partial charge in [0.15, 0.2) is 0 Å². The highest BCUT2D eigenvalue weighted by Crippen LogP contribution is 2.35. The van der Waals surface area contributed by atoms with Gasteiger partial charge in [-0.05, 0) is 67.6 Å². The fourth-order valence-electron chi connectivity index (χ4n) is 3.24. The van der Waals surface area contributed by atoms with E-state index in [1.807, 2.05) is 37.3 Å². The maximum absolute atomic E-state index is 11.8. The molecule has 0 bridgehead atoms. The van der Waals surface area contributed by atoms with E-state index >= 15 is 0 Å². The van der Waals surface area contributed by atoms with E-state index in [4.69, 9.17) is 5.73 Å². The second-order valence-electron chi connectivity index (χ2n) is 6.22. The number of benzene rings is 2. The molecule has 3 aromatic rings. The predicted molar refractivity (Wildman–Crippen MR) is 105 cm³/mol. The van der Waals surface area contributed by atoms with Crippen molar-refractivity contribution in [3.8, 4) is 11.3 Å². The van der Waals surface area contributed by atoms with Crippen LogP contribution in [0.4, 0.5) is 0 Å². The van der Waals surface area contributed by atoms with Crippen LogP contribution in [0.1, 0.15) is 34.3 Å². The van der Waals surface area contributed by atoms with Crippen LogP contribution in [0.3, 0.4) is 0 Å². The van der Waals surface area contributed by atoms with Gasteiger partial charge in [0.1, 0.15) is 0 Å². The van der Waals surface area contributed by atoms with E-state index in [-0.39, 0.29) is 0 Å². The van der Waals surface area contributed by atoms with Crippen molar-refractivity contribution < 1.29 is 9.90 Å². The number of carbonyl (C=O) groups is 1. The first-order valence-electron chi connectivity index (χ1n) is 8.36. The zero-order valence-corrected chi connectivity index (χ0v) is 15.7. The average Bonchev–Trinajstić information content (AvgIpc) is 2.96. The molecule has 5 heteroatoms. The molecule has 2 aromatic carbocycles. The molecule has 0 aliphatic heterocycles. The van der Waals surface area contributed by atoms with Crippen molar-refractivity contribution >= 4 is 32.8 Å². The first-order chi connectivity index (χ1) is 12.0. The van der Waals surface area contributed by atoms with Gasteiger partial charge in [-0.15, -0.1) is 0 Å². The van der Waals surface area contributed by atoms with E-state index < -0.39 is 5.97 Å². The number of aromatic carboxylic acids is 1. The number of fused-ring (bicyclic) bond motifs is 1. The number of aromatic nitrogens is 1. The molecule has 4 N–H and O–H groups in total. The van der Waals surface area contributed by atoms with Crippen molar-refractivity contribution in [1.82, 2.24) is 4.98 Å². The molecule has 1 aromatic heterocycles. The third-order valence-corrected chi connectivity index (χ3v) is 5.04. The molecule has 0 aliphatic rings. The number of hydrogen-bond acceptors (Lipinski definition) is 2. The van der Waals surface area contributed by atoms with Crippen molar-refractivity contribution in [3.63, 3.8) is 0 Å². The number of aryl methyl sites for hydroxylation is 2. The van der Waals surface area contributed by atoms with Crippen LogP contribution in [0.5, 0.6) is 0 Å². The number of unbranched alkanes of at least 4 members (excludes halogenated alkanes) is 1. The Labute approximate surface area is 155 Å². The third kappa shape index (κ3) is 3.48. The van der Waals surface area contributed by atoms with Gasteiger partial charge in [0.25, 0.3) is 0 Å². The molecule has 0 fully saturated rings. The Morgan fingerprint density at radius 1 is 1.16 bits per heavy atom. The number of halogens is 1. The number of aromatic amines is 1. The van der Waals surface area contributed by atoms with E-state index in [2.05, 4.69) is 20.9 Å². The summed E-state index contributed by atoms with van der Waals surface area (Å²) in [4.78, 5) is 15.2. The van der Waals surface area contributed by atoms with Crippen molar-refractivity contribution in [2.24, 2.45) is 5.73 Å². The summed E-state index contributed by atoms with van der Waals surface area (Å²) in [5.74, 6) is -0.897. The van der Waals surface area contributed by atoms with Gasteiger partial charge in [-0.25, -0.2) is 4.79 Å². The highest BCUT2D eigenvalue weighted by atomic mass is 79.9. The van der Waals surface area contributed by atoms with Crippen LogP contribution in [0.15, 0.2) is 40.9 Å². The minimum absolute atomic E-state index is 0.350. The molecule has 0 amide bonds. The van der Waals surface area contributed by atoms with Crippen molar-refractivity contribution in [2.45, 2.75) is 26.2 Å². The van der Waals surface area contributed by atoms with E-state index in [1.165, 1.54) is 0 Å². The second-order valence-corrected chi connectivity index (χ2v) is 7.13. The summed E-state index contributed by atoms with van der Waals surface area (Å²) in [6, 6.07) is 11.6. The van der Waals surface area contributed by atoms with Crippen LogP contribution in [0.2, 0.25) is 0 Å². The first kappa shape index (κ1) is 17.7. The maximum Gasteiger partial charge on any atom is 0.336 e. The smallest absolute Gasteiger partial charge is 0.336 e. The standard InChI is InChI=1S/C20H21BrN2O2/c1-12-5-10-16(20(24)25)17-15(4-2-3-11-22)19(23-18(12)17)13-6-8-14(21)9-7-13/h5-10,23H,2-4,11,22H2,1H3,(H,24,25). The quantitative estimate of drug-likeness (QED) is 0.515. The molecule has 0 aliphatic carbocycles. The molecular formula is C20H21BrN2O2. The summed E-state index contributed by atoms with van der Waals surface area (Å²) in [6.45, 7) is 2.64. The number of nitrogens with two attached hydrogens (primary N) is 1. The normalized spacial score (nSPS) is 11.2. The van der Waals surface area contributed by atoms with Gasteiger partial charge in [-0.1, -0.05) is 34.1 Å². The molecule has 0 spiro atoms. The van der Waals surface area contributed by atoms with Gasteiger partial charge >= 0.3 is 5.97 Å². The van der Waals surface area contributed by atoms with Gasteiger partial charge in [0.05, 0.1) is 5.56 Å². The summed E-state index contributed by atoms with van der Waals surface area (Å²) in [7, 11) is 0. The van der Waals surface area contributed by atoms with Crippen molar-refractivity contribution in [3.05, 3.63) is 57.6 Å². The Morgan fingerprint density at radius 3 is 2.52 bits per heavy atom. The lowest BCUT2D eigenvalue weighted by Gasteiger charge is -2.07. The zero-order valence-electron chi connectivity index (χ0n) is 14.1. The SMILES string of the molecule is Cc1ccc(C(=O)O)c2c(CCCCN)c(-c3ccc(Br)cc3)[nH]c12. The van der Waals surface area contributed by atoms with Crippen LogP contribution in [-0.2, 0) is 6.42 Å². The van der Waals surface area contributed by atoms with Crippen LogP contribution in [0.25, 0.3) is 22.2 Å². The fraction of sp³-hybridized carbons (Fsp3) is 0.250. The van der Waals surface area contributed by atoms with Crippen molar-refractivity contribution in [2.75, 3.05) is 6.54 Å². The summed E-state index contributed by atoms with van der Waals surface area (Å²) in [6.07, 6.45) is 2.65. The number of nitrogens with one attached hydrogen (secondary N) is 1. The largest absolute Gasteiger partial charge is 0.478 e. The van der Waals surface area contributed by atoms with Crippen LogP contribution >= 0.6 is 15.9 Å². The number of H-pyrrole nitrogens is 1. The Bertz CT molecular complexity index is 914. The lowest BCUT2D eigenvalue weighted by Crippen LogP contribution is -2.01. The number of carboxylic acid groups (broad SMARTS) is 1. The minimum atomic E-state index is -0.897. The van der Waals surface area contributed by atoms with Gasteiger partial charge < -0.3 is 15.8 Å². The third-order valence-electron chi connectivity index (χ3n) is 4.51. The summed E-state index contributed by atoms with van der Waals surface area (Å²) < 4.78 is 1.01. The Hall–Kier alpha value is -2.11. The maximum atomic E-state index is 11.8. The van der Waals surface area contributed by atoms with Crippen LogP contribution in [-0.4, -0.2) is 22.6 Å². The Kier molecular flexibility index (Phi) is 5.25. The number of rotatable bonds is 6. The molecule has 0 unspecified atom stereocenters. The molecule has 0 saturated heterocycles. The summed E-state index contributed by atoms with van der Waals surface area (Å²) in [5, 5.41) is 10.5. The number of hydrogen-bond donors (Lipinski definition) is 3. The first-order valence-corrected chi connectivity index (χ1v) is 9.15. The molecular weight excluding hydrogens is 380 g/mol. The minimum Gasteiger partial charge on any atom is -0.478 e. The summed E-state index contributed by atoms with van der Waals surface area (Å²) >= 11 is 3.46. The molecule has 25 heavy (non-hydrogen) atoms. The lowest BCUT2D eigenvalue weighted by atomic mass is 9.96. The molecule has 3 rings (SSSR count). The lowest BCUT2D eigenvalue weighted by molar-refractivity contribution is 0.0699. The zero-order chi connectivity index (χ0) is 18.0. The average molecular weight is 401 g/mol. The molecule has 4 nitrogen and oxygen atoms in total. The van der Waals surface area contributed by atoms with Crippen molar-refractivity contribution in [1.29, 1.82) is 0 Å². The van der Waals surface area contributed by atoms with Crippen LogP contribution in [0, 0.1) is 6.92 Å². The van der Waals surface area contributed by atoms with E-state index in [1.54, 1.807) is 6.07 Å². The van der Waals surface area contributed by atoms with E-state index in [0.29, 0.717) is 12.1 Å². The molecule has 1 heterocycles. The molecule has 0 radical (unpaired) electrons. The molecule has 0 saturated carbocycles. The predicted octanol–water partition coefficient (Wildman–Crippen LogP) is 4.89. The van der Waals surface area contributed by atoms with Gasteiger partial charge in [0, 0.05) is 21.1 Å². The van der Waals surface area contributed by atoms with E-state index in [9.17, 15) is 9.90 Å². The Balaban J connectivity index is 2.26. The monoisotopic (exact) mass is 400 g/mol. The highest BCUT2D eigenvalue weighted by molar-refractivity contribution is 9.10.